The molecule has 0 saturated carbocycles. The molecule has 12 heteroatoms. The molecule has 0 radical (unpaired) electrons. The highest BCUT2D eigenvalue weighted by molar-refractivity contribution is 14.1. The van der Waals surface area contributed by atoms with Gasteiger partial charge in [0.25, 0.3) is 0 Å². The van der Waals surface area contributed by atoms with Gasteiger partial charge in [-0.3, -0.25) is 4.40 Å². The summed E-state index contributed by atoms with van der Waals surface area (Å²) in [5.74, 6) is 0.348. The van der Waals surface area contributed by atoms with E-state index in [4.69, 9.17) is 4.42 Å². The zero-order valence-corrected chi connectivity index (χ0v) is 21.0. The SMILES string of the molecule is O=S(=O)(NCCNc1nccc(-c2c(-c3ccc(F)cc3)nc3occn23)n1)c1ccc(I)cc1. The Morgan fingerprint density at radius 1 is 1.00 bits per heavy atom. The minimum Gasteiger partial charge on any atom is -0.432 e. The summed E-state index contributed by atoms with van der Waals surface area (Å²) in [6.07, 6.45) is 4.83. The van der Waals surface area contributed by atoms with Crippen LogP contribution in [0.2, 0.25) is 0 Å². The van der Waals surface area contributed by atoms with Crippen molar-refractivity contribution in [1.82, 2.24) is 24.1 Å². The van der Waals surface area contributed by atoms with E-state index >= 15 is 0 Å². The maximum atomic E-state index is 13.4. The lowest BCUT2D eigenvalue weighted by molar-refractivity contribution is 0.582. The van der Waals surface area contributed by atoms with Crippen LogP contribution in [-0.4, -0.2) is 40.9 Å². The number of nitrogens with zero attached hydrogens (tertiary/aromatic N) is 4. The van der Waals surface area contributed by atoms with E-state index in [9.17, 15) is 12.8 Å². The van der Waals surface area contributed by atoms with Crippen molar-refractivity contribution in [3.63, 3.8) is 0 Å². The lowest BCUT2D eigenvalue weighted by Gasteiger charge is -2.09. The molecule has 0 amide bonds. The summed E-state index contributed by atoms with van der Waals surface area (Å²) < 4.78 is 49.0. The van der Waals surface area contributed by atoms with Gasteiger partial charge >= 0.3 is 5.84 Å². The Hall–Kier alpha value is -3.36. The number of oxazole rings is 1. The molecule has 0 saturated heterocycles. The number of fused-ring (bicyclic) bond motifs is 1. The zero-order chi connectivity index (χ0) is 24.4. The maximum absolute atomic E-state index is 13.4. The van der Waals surface area contributed by atoms with Gasteiger partial charge in [-0.2, -0.15) is 4.98 Å². The highest BCUT2D eigenvalue weighted by Gasteiger charge is 2.19. The summed E-state index contributed by atoms with van der Waals surface area (Å²) in [4.78, 5) is 13.5. The van der Waals surface area contributed by atoms with Crippen molar-refractivity contribution in [1.29, 1.82) is 0 Å². The third-order valence-electron chi connectivity index (χ3n) is 5.10. The van der Waals surface area contributed by atoms with Crippen molar-refractivity contribution < 1.29 is 17.2 Å². The molecule has 2 N–H and O–H groups in total. The minimum absolute atomic E-state index is 0.140. The third-order valence-corrected chi connectivity index (χ3v) is 7.30. The molecule has 35 heavy (non-hydrogen) atoms. The van der Waals surface area contributed by atoms with Crippen molar-refractivity contribution in [3.8, 4) is 22.6 Å². The van der Waals surface area contributed by atoms with E-state index in [0.717, 1.165) is 3.57 Å². The van der Waals surface area contributed by atoms with Crippen LogP contribution in [0.5, 0.6) is 0 Å². The van der Waals surface area contributed by atoms with Crippen LogP contribution >= 0.6 is 22.6 Å². The normalized spacial score (nSPS) is 11.7. The largest absolute Gasteiger partial charge is 0.432 e. The first kappa shape index (κ1) is 23.4. The molecule has 5 aromatic rings. The number of rotatable bonds is 8. The molecule has 0 aliphatic carbocycles. The molecule has 0 atom stereocenters. The fraction of sp³-hybridized carbons (Fsp3) is 0.0870. The monoisotopic (exact) mass is 604 g/mol. The van der Waals surface area contributed by atoms with Gasteiger partial charge in [0, 0.05) is 34.6 Å². The van der Waals surface area contributed by atoms with Gasteiger partial charge in [0.15, 0.2) is 0 Å². The molecule has 2 aromatic carbocycles. The summed E-state index contributed by atoms with van der Waals surface area (Å²) >= 11 is 2.12. The Balaban J connectivity index is 1.33. The summed E-state index contributed by atoms with van der Waals surface area (Å²) in [7, 11) is -3.62. The van der Waals surface area contributed by atoms with Crippen LogP contribution < -0.4 is 10.0 Å². The Labute approximate surface area is 213 Å². The van der Waals surface area contributed by atoms with Gasteiger partial charge in [-0.05, 0) is 77.2 Å². The third kappa shape index (κ3) is 5.04. The average Bonchev–Trinajstić information content (AvgIpc) is 3.44. The molecular weight excluding hydrogens is 586 g/mol. The smallest absolute Gasteiger partial charge is 0.306 e. The summed E-state index contributed by atoms with van der Waals surface area (Å²) in [6.45, 7) is 0.410. The van der Waals surface area contributed by atoms with Crippen LogP contribution in [-0.2, 0) is 10.0 Å². The highest BCUT2D eigenvalue weighted by Crippen LogP contribution is 2.32. The fourth-order valence-corrected chi connectivity index (χ4v) is 4.86. The average molecular weight is 604 g/mol. The van der Waals surface area contributed by atoms with Gasteiger partial charge < -0.3 is 9.73 Å². The van der Waals surface area contributed by atoms with Gasteiger partial charge in [-0.25, -0.2) is 27.5 Å². The Bertz CT molecular complexity index is 1580. The molecule has 3 aromatic heterocycles. The Kier molecular flexibility index (Phi) is 6.49. The second-order valence-electron chi connectivity index (χ2n) is 7.42. The predicted molar refractivity (Wildman–Crippen MR) is 137 cm³/mol. The number of imidazole rings is 1. The first-order chi connectivity index (χ1) is 16.9. The zero-order valence-electron chi connectivity index (χ0n) is 18.0. The summed E-state index contributed by atoms with van der Waals surface area (Å²) in [6, 6.07) is 14.3. The van der Waals surface area contributed by atoms with Gasteiger partial charge in [0.2, 0.25) is 16.0 Å². The molecule has 0 aliphatic heterocycles. The Morgan fingerprint density at radius 3 is 2.54 bits per heavy atom. The van der Waals surface area contributed by atoms with Gasteiger partial charge in [0.1, 0.15) is 23.5 Å². The topological polar surface area (TPSA) is 114 Å². The van der Waals surface area contributed by atoms with Crippen LogP contribution in [0.4, 0.5) is 10.3 Å². The number of benzene rings is 2. The molecule has 9 nitrogen and oxygen atoms in total. The van der Waals surface area contributed by atoms with E-state index in [2.05, 4.69) is 47.6 Å². The van der Waals surface area contributed by atoms with Crippen LogP contribution in [0.1, 0.15) is 0 Å². The van der Waals surface area contributed by atoms with Crippen molar-refractivity contribution in [3.05, 3.63) is 82.6 Å². The number of nitrogens with one attached hydrogen (secondary N) is 2. The number of hydrogen-bond acceptors (Lipinski definition) is 7. The Morgan fingerprint density at radius 2 is 1.77 bits per heavy atom. The van der Waals surface area contributed by atoms with Crippen LogP contribution in [0, 0.1) is 9.39 Å². The van der Waals surface area contributed by atoms with E-state index in [1.54, 1.807) is 59.3 Å². The molecule has 5 rings (SSSR count). The lowest BCUT2D eigenvalue weighted by atomic mass is 10.1. The second-order valence-corrected chi connectivity index (χ2v) is 10.4. The molecule has 0 aliphatic rings. The molecular formula is C23H18FIN6O3S. The maximum Gasteiger partial charge on any atom is 0.306 e. The number of hydrogen-bond donors (Lipinski definition) is 2. The number of sulfonamides is 1. The molecule has 0 bridgehead atoms. The van der Waals surface area contributed by atoms with Crippen molar-refractivity contribution in [2.24, 2.45) is 0 Å². The predicted octanol–water partition coefficient (Wildman–Crippen LogP) is 4.19. The van der Waals surface area contributed by atoms with E-state index in [1.807, 2.05) is 0 Å². The minimum atomic E-state index is -3.62. The van der Waals surface area contributed by atoms with E-state index in [-0.39, 0.29) is 23.8 Å². The fourth-order valence-electron chi connectivity index (χ4n) is 3.47. The van der Waals surface area contributed by atoms with Crippen molar-refractivity contribution in [2.75, 3.05) is 18.4 Å². The van der Waals surface area contributed by atoms with E-state index < -0.39 is 10.0 Å². The number of anilines is 1. The lowest BCUT2D eigenvalue weighted by Crippen LogP contribution is -2.29. The van der Waals surface area contributed by atoms with E-state index in [0.29, 0.717) is 34.4 Å². The standard InChI is InChI=1S/C23H18FIN6O3S/c24-16-3-1-15(2-4-16)20-21(31-13-14-34-23(31)30-20)19-9-10-26-22(29-19)27-11-12-28-35(32,33)18-7-5-17(25)6-8-18/h1-10,13-14,28H,11-12H2,(H,26,27,29). The quantitative estimate of drug-likeness (QED) is 0.202. The molecule has 178 valence electrons. The van der Waals surface area contributed by atoms with Gasteiger partial charge in [-0.1, -0.05) is 0 Å². The molecule has 0 fully saturated rings. The highest BCUT2D eigenvalue weighted by atomic mass is 127. The van der Waals surface area contributed by atoms with E-state index in [1.165, 1.54) is 18.4 Å². The van der Waals surface area contributed by atoms with Crippen molar-refractivity contribution in [2.45, 2.75) is 4.90 Å². The number of aromatic nitrogens is 4. The summed E-state index contributed by atoms with van der Waals surface area (Å²) in [5, 5.41) is 3.04. The van der Waals surface area contributed by atoms with Gasteiger partial charge in [-0.15, -0.1) is 0 Å². The molecule has 0 spiro atoms. The van der Waals surface area contributed by atoms with Crippen LogP contribution in [0.3, 0.4) is 0 Å². The van der Waals surface area contributed by atoms with Crippen LogP contribution in [0.25, 0.3) is 28.5 Å². The second kappa shape index (κ2) is 9.71. The van der Waals surface area contributed by atoms with Crippen molar-refractivity contribution >= 4 is 44.4 Å². The summed E-state index contributed by atoms with van der Waals surface area (Å²) in [5.41, 5.74) is 2.51. The first-order valence-corrected chi connectivity index (χ1v) is 13.0. The van der Waals surface area contributed by atoms with Gasteiger partial charge in [0.05, 0.1) is 10.6 Å². The number of halogens is 2. The molecule has 3 heterocycles. The molecule has 0 unspecified atom stereocenters. The first-order valence-electron chi connectivity index (χ1n) is 10.4. The van der Waals surface area contributed by atoms with Crippen LogP contribution in [0.15, 0.2) is 82.6 Å².